The molecule has 0 aliphatic carbocycles. The summed E-state index contributed by atoms with van der Waals surface area (Å²) in [7, 11) is -2.45. The maximum absolute atomic E-state index is 13.5. The molecule has 0 saturated carbocycles. The minimum Gasteiger partial charge on any atom is -0.494 e. The molecule has 2 rings (SSSR count). The van der Waals surface area contributed by atoms with Gasteiger partial charge in [-0.25, -0.2) is 12.8 Å². The van der Waals surface area contributed by atoms with Crippen LogP contribution in [0.25, 0.3) is 0 Å². The van der Waals surface area contributed by atoms with Crippen LogP contribution in [0.15, 0.2) is 51.8 Å². The molecule has 0 radical (unpaired) electrons. The Morgan fingerprint density at radius 2 is 1.90 bits per heavy atom. The zero-order valence-corrected chi connectivity index (χ0v) is 12.8. The minimum atomic E-state index is -3.78. The topological polar surface area (TPSA) is 55.4 Å². The van der Waals surface area contributed by atoms with Crippen LogP contribution in [0.1, 0.15) is 0 Å². The lowest BCUT2D eigenvalue weighted by Gasteiger charge is -2.10. The molecule has 4 nitrogen and oxygen atoms in total. The molecular formula is C13H11BrFNO3S. The summed E-state index contributed by atoms with van der Waals surface area (Å²) >= 11 is 3.17. The summed E-state index contributed by atoms with van der Waals surface area (Å²) in [6, 6.07) is 10.2. The van der Waals surface area contributed by atoms with Crippen LogP contribution in [0.5, 0.6) is 5.75 Å². The third-order valence-electron chi connectivity index (χ3n) is 2.53. The Labute approximate surface area is 124 Å². The third kappa shape index (κ3) is 3.10. The second-order valence-corrected chi connectivity index (χ2v) is 6.39. The van der Waals surface area contributed by atoms with Crippen LogP contribution >= 0.6 is 15.9 Å². The van der Waals surface area contributed by atoms with Gasteiger partial charge in [-0.2, -0.15) is 0 Å². The monoisotopic (exact) mass is 359 g/mol. The van der Waals surface area contributed by atoms with E-state index >= 15 is 0 Å². The summed E-state index contributed by atoms with van der Waals surface area (Å²) in [5.74, 6) is -0.589. The SMILES string of the molecule is COc1ccc(NS(=O)(=O)c2ccccc2Br)cc1F. The molecule has 106 valence electrons. The molecule has 0 aromatic heterocycles. The molecule has 20 heavy (non-hydrogen) atoms. The highest BCUT2D eigenvalue weighted by Gasteiger charge is 2.17. The highest BCUT2D eigenvalue weighted by Crippen LogP contribution is 2.26. The van der Waals surface area contributed by atoms with Crippen LogP contribution in [-0.2, 0) is 10.0 Å². The lowest BCUT2D eigenvalue weighted by atomic mass is 10.3. The average Bonchev–Trinajstić information content (AvgIpc) is 2.38. The van der Waals surface area contributed by atoms with E-state index in [1.807, 2.05) is 0 Å². The van der Waals surface area contributed by atoms with Crippen molar-refractivity contribution in [2.45, 2.75) is 4.90 Å². The molecule has 2 aromatic carbocycles. The number of ether oxygens (including phenoxy) is 1. The van der Waals surface area contributed by atoms with Crippen LogP contribution in [0.4, 0.5) is 10.1 Å². The number of hydrogen-bond acceptors (Lipinski definition) is 3. The van der Waals surface area contributed by atoms with Crippen molar-refractivity contribution in [2.24, 2.45) is 0 Å². The van der Waals surface area contributed by atoms with Crippen molar-refractivity contribution in [3.05, 3.63) is 52.8 Å². The second kappa shape index (κ2) is 5.80. The summed E-state index contributed by atoms with van der Waals surface area (Å²) in [6.07, 6.45) is 0. The van der Waals surface area contributed by atoms with E-state index in [2.05, 4.69) is 20.7 Å². The highest BCUT2D eigenvalue weighted by atomic mass is 79.9. The predicted octanol–water partition coefficient (Wildman–Crippen LogP) is 3.40. The lowest BCUT2D eigenvalue weighted by molar-refractivity contribution is 0.386. The molecule has 2 aromatic rings. The number of nitrogens with one attached hydrogen (secondary N) is 1. The molecule has 0 amide bonds. The van der Waals surface area contributed by atoms with E-state index in [4.69, 9.17) is 4.74 Å². The number of sulfonamides is 1. The molecule has 1 N–H and O–H groups in total. The zero-order chi connectivity index (χ0) is 14.8. The molecular weight excluding hydrogens is 349 g/mol. The van der Waals surface area contributed by atoms with E-state index in [0.717, 1.165) is 6.07 Å². The molecule has 0 unspecified atom stereocenters. The van der Waals surface area contributed by atoms with Crippen LogP contribution < -0.4 is 9.46 Å². The fraction of sp³-hybridized carbons (Fsp3) is 0.0769. The summed E-state index contributed by atoms with van der Waals surface area (Å²) in [5, 5.41) is 0. The van der Waals surface area contributed by atoms with Gasteiger partial charge in [0, 0.05) is 10.5 Å². The number of hydrogen-bond donors (Lipinski definition) is 1. The van der Waals surface area contributed by atoms with Gasteiger partial charge in [0.2, 0.25) is 0 Å². The number of methoxy groups -OCH3 is 1. The van der Waals surface area contributed by atoms with Gasteiger partial charge >= 0.3 is 0 Å². The van der Waals surface area contributed by atoms with Crippen molar-refractivity contribution in [2.75, 3.05) is 11.8 Å². The van der Waals surface area contributed by atoms with E-state index in [1.54, 1.807) is 18.2 Å². The van der Waals surface area contributed by atoms with Crippen molar-refractivity contribution in [3.8, 4) is 5.75 Å². The highest BCUT2D eigenvalue weighted by molar-refractivity contribution is 9.10. The molecule has 0 fully saturated rings. The smallest absolute Gasteiger partial charge is 0.263 e. The van der Waals surface area contributed by atoms with Gasteiger partial charge in [-0.3, -0.25) is 4.72 Å². The summed E-state index contributed by atoms with van der Waals surface area (Å²) in [4.78, 5) is 0.0798. The third-order valence-corrected chi connectivity index (χ3v) is 4.92. The predicted molar refractivity (Wildman–Crippen MR) is 77.9 cm³/mol. The average molecular weight is 360 g/mol. The maximum Gasteiger partial charge on any atom is 0.263 e. The fourth-order valence-corrected chi connectivity index (χ4v) is 3.66. The van der Waals surface area contributed by atoms with E-state index in [0.29, 0.717) is 4.47 Å². The van der Waals surface area contributed by atoms with Gasteiger partial charge in [0.15, 0.2) is 11.6 Å². The first-order valence-corrected chi connectivity index (χ1v) is 7.82. The summed E-state index contributed by atoms with van der Waals surface area (Å²) < 4.78 is 45.4. The number of anilines is 1. The molecule has 0 heterocycles. The summed E-state index contributed by atoms with van der Waals surface area (Å²) in [6.45, 7) is 0. The number of halogens is 2. The van der Waals surface area contributed by atoms with E-state index in [1.165, 1.54) is 25.3 Å². The van der Waals surface area contributed by atoms with Crippen molar-refractivity contribution in [1.29, 1.82) is 0 Å². The van der Waals surface area contributed by atoms with Gasteiger partial charge in [-0.1, -0.05) is 12.1 Å². The first-order chi connectivity index (χ1) is 9.44. The molecule has 0 saturated heterocycles. The quantitative estimate of drug-likeness (QED) is 0.909. The van der Waals surface area contributed by atoms with Gasteiger partial charge in [0.1, 0.15) is 4.90 Å². The van der Waals surface area contributed by atoms with E-state index in [9.17, 15) is 12.8 Å². The van der Waals surface area contributed by atoms with Crippen LogP contribution in [0.3, 0.4) is 0 Å². The summed E-state index contributed by atoms with van der Waals surface area (Å²) in [5.41, 5.74) is 0.124. The molecule has 0 bridgehead atoms. The Balaban J connectivity index is 2.34. The van der Waals surface area contributed by atoms with Gasteiger partial charge in [0.25, 0.3) is 10.0 Å². The van der Waals surface area contributed by atoms with Gasteiger partial charge in [-0.05, 0) is 40.2 Å². The van der Waals surface area contributed by atoms with E-state index in [-0.39, 0.29) is 16.3 Å². The maximum atomic E-state index is 13.5. The first-order valence-electron chi connectivity index (χ1n) is 5.55. The first kappa shape index (κ1) is 14.8. The lowest BCUT2D eigenvalue weighted by Crippen LogP contribution is -2.13. The van der Waals surface area contributed by atoms with Crippen molar-refractivity contribution in [3.63, 3.8) is 0 Å². The standard InChI is InChI=1S/C13H11BrFNO3S/c1-19-12-7-6-9(8-11(12)15)16-20(17,18)13-5-3-2-4-10(13)14/h2-8,16H,1H3. The van der Waals surface area contributed by atoms with Crippen molar-refractivity contribution >= 4 is 31.6 Å². The van der Waals surface area contributed by atoms with Crippen LogP contribution in [-0.4, -0.2) is 15.5 Å². The molecule has 7 heteroatoms. The molecule has 0 aliphatic heterocycles. The number of rotatable bonds is 4. The molecule has 0 spiro atoms. The Kier molecular flexibility index (Phi) is 4.29. The Morgan fingerprint density at radius 1 is 1.20 bits per heavy atom. The second-order valence-electron chi connectivity index (χ2n) is 3.89. The molecule has 0 atom stereocenters. The van der Waals surface area contributed by atoms with Crippen molar-refractivity contribution in [1.82, 2.24) is 0 Å². The normalized spacial score (nSPS) is 11.2. The van der Waals surface area contributed by atoms with Gasteiger partial charge in [0.05, 0.1) is 12.8 Å². The van der Waals surface area contributed by atoms with Crippen molar-refractivity contribution < 1.29 is 17.5 Å². The van der Waals surface area contributed by atoms with Gasteiger partial charge in [-0.15, -0.1) is 0 Å². The Morgan fingerprint density at radius 3 is 2.50 bits per heavy atom. The molecule has 0 aliphatic rings. The van der Waals surface area contributed by atoms with Crippen LogP contribution in [0.2, 0.25) is 0 Å². The zero-order valence-electron chi connectivity index (χ0n) is 10.4. The van der Waals surface area contributed by atoms with E-state index < -0.39 is 15.8 Å². The number of benzene rings is 2. The fourth-order valence-electron chi connectivity index (χ4n) is 1.60. The Bertz CT molecular complexity index is 734. The largest absolute Gasteiger partial charge is 0.494 e. The minimum absolute atomic E-state index is 0.0499. The van der Waals surface area contributed by atoms with Crippen LogP contribution in [0, 0.1) is 5.82 Å². The van der Waals surface area contributed by atoms with Gasteiger partial charge < -0.3 is 4.74 Å². The Hall–Kier alpha value is -1.60.